The fourth-order valence-electron chi connectivity index (χ4n) is 4.02. The molecule has 4 rings (SSSR count). The van der Waals surface area contributed by atoms with Gasteiger partial charge in [-0.2, -0.15) is 0 Å². The summed E-state index contributed by atoms with van der Waals surface area (Å²) in [7, 11) is -3.97. The van der Waals surface area contributed by atoms with Crippen LogP contribution < -0.4 is 4.72 Å². The average molecular weight is 433 g/mol. The first-order valence-electron chi connectivity index (χ1n) is 10.0. The topological polar surface area (TPSA) is 68.2 Å². The minimum atomic E-state index is -3.97. The van der Waals surface area contributed by atoms with Crippen LogP contribution in [0.5, 0.6) is 0 Å². The Morgan fingerprint density at radius 2 is 1.48 bits per heavy atom. The quantitative estimate of drug-likeness (QED) is 0.496. The number of hydrogen-bond acceptors (Lipinski definition) is 3. The molecule has 1 amide bonds. The number of aromatic nitrogens is 1. The second-order valence-corrected chi connectivity index (χ2v) is 9.48. The lowest BCUT2D eigenvalue weighted by atomic mass is 9.99. The van der Waals surface area contributed by atoms with E-state index in [1.54, 1.807) is 24.3 Å². The van der Waals surface area contributed by atoms with Crippen molar-refractivity contribution in [2.24, 2.45) is 0 Å². The first-order chi connectivity index (χ1) is 14.8. The van der Waals surface area contributed by atoms with Crippen LogP contribution in [0, 0.1) is 20.8 Å². The van der Waals surface area contributed by atoms with Gasteiger partial charge in [-0.1, -0.05) is 54.1 Å². The average Bonchev–Trinajstić information content (AvgIpc) is 3.10. The van der Waals surface area contributed by atoms with E-state index in [0.29, 0.717) is 12.2 Å². The van der Waals surface area contributed by atoms with Gasteiger partial charge in [-0.3, -0.25) is 4.79 Å². The van der Waals surface area contributed by atoms with E-state index in [9.17, 15) is 13.2 Å². The van der Waals surface area contributed by atoms with Crippen molar-refractivity contribution in [3.63, 3.8) is 0 Å². The van der Waals surface area contributed by atoms with Gasteiger partial charge < -0.3 is 4.57 Å². The minimum Gasteiger partial charge on any atom is -0.332 e. The monoisotopic (exact) mass is 432 g/mol. The molecule has 5 nitrogen and oxygen atoms in total. The van der Waals surface area contributed by atoms with E-state index in [1.165, 1.54) is 17.7 Å². The summed E-state index contributed by atoms with van der Waals surface area (Å²) in [5, 5.41) is 0.882. The van der Waals surface area contributed by atoms with Crippen molar-refractivity contribution in [1.29, 1.82) is 0 Å². The molecule has 0 atom stereocenters. The third-order valence-electron chi connectivity index (χ3n) is 5.48. The first-order valence-corrected chi connectivity index (χ1v) is 11.5. The molecular weight excluding hydrogens is 408 g/mol. The molecule has 0 spiro atoms. The molecule has 31 heavy (non-hydrogen) atoms. The summed E-state index contributed by atoms with van der Waals surface area (Å²) in [5.41, 5.74) is 5.76. The highest BCUT2D eigenvalue weighted by molar-refractivity contribution is 7.90. The molecule has 4 aromatic rings. The molecule has 0 aliphatic heterocycles. The number of sulfonamides is 1. The lowest BCUT2D eigenvalue weighted by Crippen LogP contribution is -2.32. The Morgan fingerprint density at radius 1 is 0.871 bits per heavy atom. The highest BCUT2D eigenvalue weighted by Crippen LogP contribution is 2.25. The molecule has 1 N–H and O–H groups in total. The summed E-state index contributed by atoms with van der Waals surface area (Å²) >= 11 is 0. The Hall–Kier alpha value is -3.38. The Morgan fingerprint density at radius 3 is 2.16 bits per heavy atom. The van der Waals surface area contributed by atoms with Crippen LogP contribution in [-0.2, 0) is 16.6 Å². The van der Waals surface area contributed by atoms with E-state index >= 15 is 0 Å². The Kier molecular flexibility index (Phi) is 5.41. The van der Waals surface area contributed by atoms with Gasteiger partial charge in [0.05, 0.1) is 4.90 Å². The van der Waals surface area contributed by atoms with Crippen LogP contribution in [-0.4, -0.2) is 18.9 Å². The highest BCUT2D eigenvalue weighted by Gasteiger charge is 2.23. The van der Waals surface area contributed by atoms with Crippen molar-refractivity contribution in [1.82, 2.24) is 9.29 Å². The SMILES string of the molecule is Cc1cc(C)c(Cn2c(C(=O)NS(=O)(=O)c3ccccc3)cc3ccccc32)c(C)c1. The van der Waals surface area contributed by atoms with Gasteiger partial charge in [0.2, 0.25) is 0 Å². The van der Waals surface area contributed by atoms with Crippen molar-refractivity contribution in [3.8, 4) is 0 Å². The van der Waals surface area contributed by atoms with Gasteiger partial charge >= 0.3 is 0 Å². The molecule has 6 heteroatoms. The summed E-state index contributed by atoms with van der Waals surface area (Å²) in [6, 6.07) is 21.6. The van der Waals surface area contributed by atoms with Gasteiger partial charge in [0.25, 0.3) is 15.9 Å². The molecule has 1 heterocycles. The van der Waals surface area contributed by atoms with Gasteiger partial charge in [-0.15, -0.1) is 0 Å². The Bertz CT molecular complexity index is 1360. The fraction of sp³-hybridized carbons (Fsp3) is 0.160. The Labute approximate surface area is 182 Å². The number of fused-ring (bicyclic) bond motifs is 1. The number of para-hydroxylation sites is 1. The number of benzene rings is 3. The van der Waals surface area contributed by atoms with Crippen molar-refractivity contribution >= 4 is 26.8 Å². The second-order valence-electron chi connectivity index (χ2n) is 7.80. The van der Waals surface area contributed by atoms with Crippen molar-refractivity contribution in [2.45, 2.75) is 32.2 Å². The highest BCUT2D eigenvalue weighted by atomic mass is 32.2. The summed E-state index contributed by atoms with van der Waals surface area (Å²) in [4.78, 5) is 13.2. The molecule has 0 bridgehead atoms. The number of hydrogen-bond donors (Lipinski definition) is 1. The molecule has 0 saturated heterocycles. The van der Waals surface area contributed by atoms with Crippen molar-refractivity contribution in [2.75, 3.05) is 0 Å². The Balaban J connectivity index is 1.78. The van der Waals surface area contributed by atoms with E-state index in [-0.39, 0.29) is 4.90 Å². The summed E-state index contributed by atoms with van der Waals surface area (Å²) in [6.07, 6.45) is 0. The summed E-state index contributed by atoms with van der Waals surface area (Å²) < 4.78 is 29.5. The summed E-state index contributed by atoms with van der Waals surface area (Å²) in [6.45, 7) is 6.64. The van der Waals surface area contributed by atoms with Crippen LogP contribution in [0.1, 0.15) is 32.7 Å². The lowest BCUT2D eigenvalue weighted by Gasteiger charge is -2.16. The van der Waals surface area contributed by atoms with Crippen LogP contribution in [0.15, 0.2) is 77.7 Å². The van der Waals surface area contributed by atoms with E-state index in [0.717, 1.165) is 27.6 Å². The van der Waals surface area contributed by atoms with Gasteiger partial charge in [0, 0.05) is 17.4 Å². The molecule has 0 aliphatic rings. The van der Waals surface area contributed by atoms with Gasteiger partial charge in [0.15, 0.2) is 0 Å². The molecule has 0 aliphatic carbocycles. The number of amides is 1. The zero-order chi connectivity index (χ0) is 22.2. The van der Waals surface area contributed by atoms with Crippen LogP contribution in [0.3, 0.4) is 0 Å². The largest absolute Gasteiger partial charge is 0.332 e. The number of aryl methyl sites for hydroxylation is 3. The lowest BCUT2D eigenvalue weighted by molar-refractivity contribution is 0.0973. The minimum absolute atomic E-state index is 0.0521. The second kappa shape index (κ2) is 8.04. The third kappa shape index (κ3) is 4.11. The number of nitrogens with one attached hydrogen (secondary N) is 1. The molecule has 158 valence electrons. The zero-order valence-electron chi connectivity index (χ0n) is 17.7. The number of rotatable bonds is 5. The van der Waals surface area contributed by atoms with Crippen molar-refractivity contribution < 1.29 is 13.2 Å². The maximum absolute atomic E-state index is 13.1. The fourth-order valence-corrected chi connectivity index (χ4v) is 5.00. The molecule has 3 aromatic carbocycles. The predicted octanol–water partition coefficient (Wildman–Crippen LogP) is 4.73. The maximum Gasteiger partial charge on any atom is 0.281 e. The molecule has 0 radical (unpaired) electrons. The van der Waals surface area contributed by atoms with Crippen LogP contribution in [0.2, 0.25) is 0 Å². The maximum atomic E-state index is 13.1. The van der Waals surface area contributed by atoms with Crippen molar-refractivity contribution in [3.05, 3.63) is 101 Å². The van der Waals surface area contributed by atoms with Crippen LogP contribution in [0.4, 0.5) is 0 Å². The zero-order valence-corrected chi connectivity index (χ0v) is 18.5. The molecular formula is C25H24N2O3S. The molecule has 0 fully saturated rings. The van der Waals surface area contributed by atoms with Gasteiger partial charge in [-0.25, -0.2) is 13.1 Å². The van der Waals surface area contributed by atoms with E-state index in [4.69, 9.17) is 0 Å². The number of nitrogens with zero attached hydrogens (tertiary/aromatic N) is 1. The number of carbonyl (C=O) groups is 1. The number of carbonyl (C=O) groups excluding carboxylic acids is 1. The van der Waals surface area contributed by atoms with Gasteiger partial charge in [0.1, 0.15) is 5.69 Å². The van der Waals surface area contributed by atoms with E-state index < -0.39 is 15.9 Å². The normalized spacial score (nSPS) is 11.6. The van der Waals surface area contributed by atoms with Gasteiger partial charge in [-0.05, 0) is 61.7 Å². The van der Waals surface area contributed by atoms with Crippen LogP contribution in [0.25, 0.3) is 10.9 Å². The summed E-state index contributed by atoms with van der Waals surface area (Å²) in [5.74, 6) is -0.650. The first kappa shape index (κ1) is 20.9. The molecule has 0 unspecified atom stereocenters. The predicted molar refractivity (Wildman–Crippen MR) is 123 cm³/mol. The smallest absolute Gasteiger partial charge is 0.281 e. The standard InChI is InChI=1S/C25H24N2O3S/c1-17-13-18(2)22(19(3)14-17)16-27-23-12-8-7-9-20(23)15-24(27)25(28)26-31(29,30)21-10-5-4-6-11-21/h4-15H,16H2,1-3H3,(H,26,28). The van der Waals surface area contributed by atoms with Crippen LogP contribution >= 0.6 is 0 Å². The molecule has 0 saturated carbocycles. The molecule has 1 aromatic heterocycles. The van der Waals surface area contributed by atoms with E-state index in [1.807, 2.05) is 28.8 Å². The third-order valence-corrected chi connectivity index (χ3v) is 6.83. The van der Waals surface area contributed by atoms with E-state index in [2.05, 4.69) is 37.6 Å².